The van der Waals surface area contributed by atoms with Crippen molar-refractivity contribution in [3.63, 3.8) is 0 Å². The number of non-ortho nitro benzene ring substituents is 1. The Morgan fingerprint density at radius 1 is 1.42 bits per heavy atom. The molecule has 0 radical (unpaired) electrons. The molecule has 106 valence electrons. The summed E-state index contributed by atoms with van der Waals surface area (Å²) < 4.78 is 39.8. The molecule has 0 saturated heterocycles. The van der Waals surface area contributed by atoms with Crippen molar-refractivity contribution in [2.24, 2.45) is 0 Å². The number of benzene rings is 1. The summed E-state index contributed by atoms with van der Waals surface area (Å²) in [7, 11) is 0. The van der Waals surface area contributed by atoms with Crippen molar-refractivity contribution in [3.8, 4) is 0 Å². The number of aryl methyl sites for hydroxylation is 1. The Kier molecular flexibility index (Phi) is 5.11. The molecule has 5 nitrogen and oxygen atoms in total. The summed E-state index contributed by atoms with van der Waals surface area (Å²) in [5.41, 5.74) is 1.19. The molecule has 8 heteroatoms. The number of rotatable bonds is 6. The summed E-state index contributed by atoms with van der Waals surface area (Å²) in [5.74, 6) is 0. The second kappa shape index (κ2) is 6.37. The summed E-state index contributed by atoms with van der Waals surface area (Å²) in [6.07, 6.45) is -4.35. The van der Waals surface area contributed by atoms with Gasteiger partial charge in [0.25, 0.3) is 5.69 Å². The maximum Gasteiger partial charge on any atom is 0.411 e. The van der Waals surface area contributed by atoms with Gasteiger partial charge in [0.15, 0.2) is 0 Å². The lowest BCUT2D eigenvalue weighted by molar-refractivity contribution is -0.384. The highest BCUT2D eigenvalue weighted by molar-refractivity contribution is 5.56. The van der Waals surface area contributed by atoms with E-state index in [1.165, 1.54) is 12.1 Å². The molecule has 0 aromatic heterocycles. The minimum Gasteiger partial charge on any atom is -0.382 e. The van der Waals surface area contributed by atoms with Crippen LogP contribution in [0.25, 0.3) is 0 Å². The second-order valence-corrected chi connectivity index (χ2v) is 3.85. The number of anilines is 1. The first-order chi connectivity index (χ1) is 8.79. The van der Waals surface area contributed by atoms with E-state index >= 15 is 0 Å². The molecule has 0 spiro atoms. The maximum absolute atomic E-state index is 11.8. The van der Waals surface area contributed by atoms with E-state index in [1.807, 2.05) is 0 Å². The summed E-state index contributed by atoms with van der Waals surface area (Å²) in [6.45, 7) is 0.435. The number of hydrogen-bond acceptors (Lipinski definition) is 4. The van der Waals surface area contributed by atoms with Gasteiger partial charge in [-0.3, -0.25) is 10.1 Å². The van der Waals surface area contributed by atoms with Gasteiger partial charge in [0.1, 0.15) is 6.61 Å². The van der Waals surface area contributed by atoms with E-state index in [9.17, 15) is 23.3 Å². The normalized spacial score (nSPS) is 11.4. The van der Waals surface area contributed by atoms with Crippen molar-refractivity contribution in [1.29, 1.82) is 0 Å². The van der Waals surface area contributed by atoms with Gasteiger partial charge in [-0.15, -0.1) is 0 Å². The number of alkyl halides is 3. The van der Waals surface area contributed by atoms with E-state index < -0.39 is 17.7 Å². The number of nitro benzene ring substituents is 1. The molecule has 1 aromatic carbocycles. The Bertz CT molecular complexity index is 449. The summed E-state index contributed by atoms with van der Waals surface area (Å²) in [6, 6.07) is 4.26. The number of nitrogens with zero attached hydrogens (tertiary/aromatic N) is 1. The molecule has 0 fully saturated rings. The van der Waals surface area contributed by atoms with E-state index in [1.54, 1.807) is 13.0 Å². The zero-order valence-electron chi connectivity index (χ0n) is 10.2. The van der Waals surface area contributed by atoms with Crippen LogP contribution in [0, 0.1) is 17.0 Å². The average Bonchev–Trinajstić information content (AvgIpc) is 2.29. The molecule has 19 heavy (non-hydrogen) atoms. The molecule has 0 aliphatic heterocycles. The quantitative estimate of drug-likeness (QED) is 0.493. The largest absolute Gasteiger partial charge is 0.411 e. The van der Waals surface area contributed by atoms with Crippen LogP contribution < -0.4 is 5.32 Å². The molecule has 0 unspecified atom stereocenters. The molecule has 1 N–H and O–H groups in total. The number of nitrogens with one attached hydrogen (secondary N) is 1. The average molecular weight is 278 g/mol. The standard InChI is InChI=1S/C11H13F3N2O3/c1-8-2-3-9(16(17)18)6-10(8)15-4-5-19-7-11(12,13)14/h2-3,6,15H,4-5,7H2,1H3. The molecule has 0 heterocycles. The summed E-state index contributed by atoms with van der Waals surface area (Å²) >= 11 is 0. The molecule has 0 aliphatic rings. The molecule has 0 amide bonds. The minimum atomic E-state index is -4.35. The third-order valence-electron chi connectivity index (χ3n) is 2.26. The van der Waals surface area contributed by atoms with Gasteiger partial charge in [-0.1, -0.05) is 6.07 Å². The maximum atomic E-state index is 11.8. The lowest BCUT2D eigenvalue weighted by Crippen LogP contribution is -2.20. The van der Waals surface area contributed by atoms with Crippen molar-refractivity contribution in [2.45, 2.75) is 13.1 Å². The van der Waals surface area contributed by atoms with E-state index in [-0.39, 0.29) is 18.8 Å². The Hall–Kier alpha value is -1.83. The number of ether oxygens (including phenoxy) is 1. The number of halogens is 3. The first-order valence-electron chi connectivity index (χ1n) is 5.43. The van der Waals surface area contributed by atoms with Crippen molar-refractivity contribution in [1.82, 2.24) is 0 Å². The zero-order valence-corrected chi connectivity index (χ0v) is 10.2. The SMILES string of the molecule is Cc1ccc([N+](=O)[O-])cc1NCCOCC(F)(F)F. The van der Waals surface area contributed by atoms with Gasteiger partial charge >= 0.3 is 6.18 Å². The fraction of sp³-hybridized carbons (Fsp3) is 0.455. The van der Waals surface area contributed by atoms with Crippen LogP contribution in [0.2, 0.25) is 0 Å². The van der Waals surface area contributed by atoms with Crippen molar-refractivity contribution < 1.29 is 22.8 Å². The van der Waals surface area contributed by atoms with Gasteiger partial charge in [-0.05, 0) is 12.5 Å². The van der Waals surface area contributed by atoms with E-state index in [0.717, 1.165) is 5.56 Å². The smallest absolute Gasteiger partial charge is 0.382 e. The van der Waals surface area contributed by atoms with Gasteiger partial charge in [0.2, 0.25) is 0 Å². The van der Waals surface area contributed by atoms with E-state index in [4.69, 9.17) is 0 Å². The van der Waals surface area contributed by atoms with E-state index in [0.29, 0.717) is 5.69 Å². The predicted octanol–water partition coefficient (Wildman–Crippen LogP) is 2.89. The first-order valence-corrected chi connectivity index (χ1v) is 5.43. The monoisotopic (exact) mass is 278 g/mol. The van der Waals surface area contributed by atoms with Crippen molar-refractivity contribution in [3.05, 3.63) is 33.9 Å². The van der Waals surface area contributed by atoms with Gasteiger partial charge < -0.3 is 10.1 Å². The van der Waals surface area contributed by atoms with Crippen molar-refractivity contribution in [2.75, 3.05) is 25.1 Å². The van der Waals surface area contributed by atoms with Gasteiger partial charge in [0, 0.05) is 24.4 Å². The minimum absolute atomic E-state index is 0.0793. The molecular weight excluding hydrogens is 265 g/mol. The molecular formula is C11H13F3N2O3. The second-order valence-electron chi connectivity index (χ2n) is 3.85. The Morgan fingerprint density at radius 3 is 2.68 bits per heavy atom. The van der Waals surface area contributed by atoms with Crippen LogP contribution in [0.15, 0.2) is 18.2 Å². The van der Waals surface area contributed by atoms with E-state index in [2.05, 4.69) is 10.1 Å². The summed E-state index contributed by atoms with van der Waals surface area (Å²) in [5, 5.41) is 13.4. The van der Waals surface area contributed by atoms with Gasteiger partial charge in [-0.2, -0.15) is 13.2 Å². The lowest BCUT2D eigenvalue weighted by Gasteiger charge is -2.10. The first kappa shape index (κ1) is 15.2. The fourth-order valence-corrected chi connectivity index (χ4v) is 1.36. The molecule has 0 atom stereocenters. The molecule has 1 rings (SSSR count). The highest BCUT2D eigenvalue weighted by atomic mass is 19.4. The van der Waals surface area contributed by atoms with Crippen LogP contribution in [0.5, 0.6) is 0 Å². The Balaban J connectivity index is 2.45. The molecule has 0 saturated carbocycles. The highest BCUT2D eigenvalue weighted by Crippen LogP contribution is 2.21. The summed E-state index contributed by atoms with van der Waals surface area (Å²) in [4.78, 5) is 10.0. The third-order valence-corrected chi connectivity index (χ3v) is 2.26. The molecule has 0 aliphatic carbocycles. The van der Waals surface area contributed by atoms with Crippen molar-refractivity contribution >= 4 is 11.4 Å². The molecule has 0 bridgehead atoms. The Labute approximate surface area is 107 Å². The number of nitro groups is 1. The van der Waals surface area contributed by atoms with Crippen LogP contribution in [-0.2, 0) is 4.74 Å². The van der Waals surface area contributed by atoms with Gasteiger partial charge in [0.05, 0.1) is 11.5 Å². The van der Waals surface area contributed by atoms with Crippen LogP contribution >= 0.6 is 0 Å². The lowest BCUT2D eigenvalue weighted by atomic mass is 10.2. The van der Waals surface area contributed by atoms with Crippen LogP contribution in [0.1, 0.15) is 5.56 Å². The zero-order chi connectivity index (χ0) is 14.5. The fourth-order valence-electron chi connectivity index (χ4n) is 1.36. The predicted molar refractivity (Wildman–Crippen MR) is 63.2 cm³/mol. The Morgan fingerprint density at radius 2 is 2.11 bits per heavy atom. The molecule has 1 aromatic rings. The topological polar surface area (TPSA) is 64.4 Å². The van der Waals surface area contributed by atoms with Gasteiger partial charge in [-0.25, -0.2) is 0 Å². The van der Waals surface area contributed by atoms with Crippen LogP contribution in [0.3, 0.4) is 0 Å². The van der Waals surface area contributed by atoms with Crippen LogP contribution in [0.4, 0.5) is 24.5 Å². The highest BCUT2D eigenvalue weighted by Gasteiger charge is 2.27. The number of hydrogen-bond donors (Lipinski definition) is 1. The van der Waals surface area contributed by atoms with Crippen LogP contribution in [-0.4, -0.2) is 30.9 Å². The third kappa shape index (κ3) is 5.56.